The van der Waals surface area contributed by atoms with E-state index in [0.29, 0.717) is 12.5 Å². The van der Waals surface area contributed by atoms with Gasteiger partial charge in [0.2, 0.25) is 0 Å². The molecule has 5 nitrogen and oxygen atoms in total. The normalized spacial score (nSPS) is 21.9. The number of aliphatic imine (C=N–C) groups is 1. The summed E-state index contributed by atoms with van der Waals surface area (Å²) in [6.07, 6.45) is 1.81. The van der Waals surface area contributed by atoms with Gasteiger partial charge < -0.3 is 10.5 Å². The number of thiazole rings is 1. The van der Waals surface area contributed by atoms with Crippen LogP contribution in [0.25, 0.3) is 0 Å². The summed E-state index contributed by atoms with van der Waals surface area (Å²) >= 11 is 1.62. The fraction of sp³-hybridized carbons (Fsp3) is 0.286. The van der Waals surface area contributed by atoms with Crippen LogP contribution in [-0.4, -0.2) is 24.6 Å². The molecule has 1 aliphatic heterocycles. The van der Waals surface area contributed by atoms with Gasteiger partial charge in [0.1, 0.15) is 16.3 Å². The highest BCUT2D eigenvalue weighted by Gasteiger charge is 2.42. The number of hydrogen-bond donors (Lipinski definition) is 1. The van der Waals surface area contributed by atoms with Crippen molar-refractivity contribution in [3.05, 3.63) is 40.8 Å². The van der Waals surface area contributed by atoms with Crippen molar-refractivity contribution in [2.45, 2.75) is 12.5 Å². The third kappa shape index (κ3) is 1.92. The molecule has 0 saturated carbocycles. The molecule has 1 aliphatic rings. The van der Waals surface area contributed by atoms with Gasteiger partial charge in [-0.3, -0.25) is 9.89 Å². The van der Waals surface area contributed by atoms with Crippen LogP contribution in [0.3, 0.4) is 0 Å². The quantitative estimate of drug-likeness (QED) is 0.940. The van der Waals surface area contributed by atoms with Gasteiger partial charge >= 0.3 is 0 Å². The van der Waals surface area contributed by atoms with Crippen LogP contribution >= 0.6 is 11.3 Å². The molecular weight excluding hydrogens is 272 g/mol. The van der Waals surface area contributed by atoms with E-state index in [2.05, 4.69) is 16.9 Å². The Bertz CT molecular complexity index is 640. The van der Waals surface area contributed by atoms with Crippen LogP contribution in [-0.2, 0) is 5.54 Å². The first-order chi connectivity index (χ1) is 9.65. The van der Waals surface area contributed by atoms with Crippen molar-refractivity contribution in [1.29, 1.82) is 0 Å². The molecule has 0 saturated heterocycles. The van der Waals surface area contributed by atoms with E-state index in [1.165, 1.54) is 0 Å². The van der Waals surface area contributed by atoms with E-state index in [9.17, 15) is 0 Å². The molecule has 6 heteroatoms. The fourth-order valence-corrected chi connectivity index (χ4v) is 3.23. The summed E-state index contributed by atoms with van der Waals surface area (Å²) in [5.41, 5.74) is 6.71. The molecule has 20 heavy (non-hydrogen) atoms. The lowest BCUT2D eigenvalue weighted by molar-refractivity contribution is 0.414. The van der Waals surface area contributed by atoms with E-state index in [-0.39, 0.29) is 5.54 Å². The minimum absolute atomic E-state index is 0.343. The van der Waals surface area contributed by atoms with Crippen LogP contribution in [0.4, 0.5) is 5.69 Å². The average Bonchev–Trinajstić information content (AvgIpc) is 3.09. The lowest BCUT2D eigenvalue weighted by Crippen LogP contribution is -2.47. The van der Waals surface area contributed by atoms with E-state index >= 15 is 0 Å². The Balaban J connectivity index is 2.06. The molecule has 2 N–H and O–H groups in total. The number of nitrogens with zero attached hydrogens (tertiary/aromatic N) is 3. The zero-order valence-corrected chi connectivity index (χ0v) is 12.2. The van der Waals surface area contributed by atoms with Gasteiger partial charge in [0.15, 0.2) is 5.96 Å². The van der Waals surface area contributed by atoms with Crippen molar-refractivity contribution in [2.24, 2.45) is 10.7 Å². The number of rotatable bonds is 3. The predicted molar refractivity (Wildman–Crippen MR) is 81.4 cm³/mol. The van der Waals surface area contributed by atoms with E-state index in [1.807, 2.05) is 40.7 Å². The first kappa shape index (κ1) is 12.9. The number of hydrogen-bond acceptors (Lipinski definition) is 6. The van der Waals surface area contributed by atoms with Gasteiger partial charge in [-0.15, -0.1) is 11.3 Å². The molecule has 0 amide bonds. The van der Waals surface area contributed by atoms with Gasteiger partial charge in [0, 0.05) is 23.3 Å². The Kier molecular flexibility index (Phi) is 3.10. The molecule has 2 heterocycles. The molecule has 0 bridgehead atoms. The SMILES string of the molecule is COc1cccc(N2C(N)=NCC2(C)c2nccs2)c1. The Morgan fingerprint density at radius 3 is 3.00 bits per heavy atom. The highest BCUT2D eigenvalue weighted by atomic mass is 32.1. The zero-order chi connectivity index (χ0) is 14.2. The van der Waals surface area contributed by atoms with Crippen LogP contribution < -0.4 is 15.4 Å². The van der Waals surface area contributed by atoms with E-state index in [0.717, 1.165) is 16.4 Å². The van der Waals surface area contributed by atoms with Crippen molar-refractivity contribution in [2.75, 3.05) is 18.6 Å². The van der Waals surface area contributed by atoms with Gasteiger partial charge in [0.25, 0.3) is 0 Å². The number of methoxy groups -OCH3 is 1. The summed E-state index contributed by atoms with van der Waals surface area (Å²) in [4.78, 5) is 10.9. The molecule has 0 fully saturated rings. The van der Waals surface area contributed by atoms with E-state index in [1.54, 1.807) is 18.4 Å². The summed E-state index contributed by atoms with van der Waals surface area (Å²) in [7, 11) is 1.65. The maximum atomic E-state index is 6.10. The van der Waals surface area contributed by atoms with Crippen molar-refractivity contribution >= 4 is 23.0 Å². The van der Waals surface area contributed by atoms with Crippen LogP contribution in [0.5, 0.6) is 5.75 Å². The Morgan fingerprint density at radius 1 is 1.45 bits per heavy atom. The largest absolute Gasteiger partial charge is 0.497 e. The first-order valence-corrected chi connectivity index (χ1v) is 7.17. The van der Waals surface area contributed by atoms with Gasteiger partial charge in [-0.05, 0) is 19.1 Å². The monoisotopic (exact) mass is 288 g/mol. The van der Waals surface area contributed by atoms with Crippen molar-refractivity contribution in [1.82, 2.24) is 4.98 Å². The fourth-order valence-electron chi connectivity index (χ4n) is 2.45. The van der Waals surface area contributed by atoms with Crippen molar-refractivity contribution in [3.8, 4) is 5.75 Å². The van der Waals surface area contributed by atoms with Gasteiger partial charge in [-0.2, -0.15) is 0 Å². The second-order valence-electron chi connectivity index (χ2n) is 4.82. The second kappa shape index (κ2) is 4.79. The number of guanidine groups is 1. The van der Waals surface area contributed by atoms with Crippen LogP contribution in [0.2, 0.25) is 0 Å². The molecule has 2 aromatic rings. The zero-order valence-electron chi connectivity index (χ0n) is 11.4. The Hall–Kier alpha value is -2.08. The number of aromatic nitrogens is 1. The molecule has 3 rings (SSSR count). The Morgan fingerprint density at radius 2 is 2.30 bits per heavy atom. The summed E-state index contributed by atoms with van der Waals surface area (Å²) in [5.74, 6) is 1.31. The molecule has 0 radical (unpaired) electrons. The maximum absolute atomic E-state index is 6.10. The second-order valence-corrected chi connectivity index (χ2v) is 5.72. The van der Waals surface area contributed by atoms with Crippen LogP contribution in [0.1, 0.15) is 11.9 Å². The predicted octanol–water partition coefficient (Wildman–Crippen LogP) is 2.20. The molecule has 1 aromatic heterocycles. The molecule has 1 aromatic carbocycles. The molecular formula is C14H16N4OS. The summed E-state index contributed by atoms with van der Waals surface area (Å²) in [5, 5.41) is 2.98. The van der Waals surface area contributed by atoms with Crippen LogP contribution in [0.15, 0.2) is 40.8 Å². The van der Waals surface area contributed by atoms with Gasteiger partial charge in [-0.1, -0.05) is 6.07 Å². The van der Waals surface area contributed by atoms with E-state index < -0.39 is 0 Å². The minimum atomic E-state index is -0.343. The van der Waals surface area contributed by atoms with Gasteiger partial charge in [-0.25, -0.2) is 4.98 Å². The lowest BCUT2D eigenvalue weighted by Gasteiger charge is -2.34. The number of nitrogens with two attached hydrogens (primary N) is 1. The highest BCUT2D eigenvalue weighted by molar-refractivity contribution is 7.09. The number of benzene rings is 1. The number of ether oxygens (including phenoxy) is 1. The first-order valence-electron chi connectivity index (χ1n) is 6.29. The summed E-state index contributed by atoms with van der Waals surface area (Å²) in [6.45, 7) is 2.71. The maximum Gasteiger partial charge on any atom is 0.196 e. The highest BCUT2D eigenvalue weighted by Crippen LogP contribution is 2.38. The molecule has 0 aliphatic carbocycles. The number of anilines is 1. The smallest absolute Gasteiger partial charge is 0.196 e. The molecule has 1 unspecified atom stereocenters. The molecule has 0 spiro atoms. The average molecular weight is 288 g/mol. The lowest BCUT2D eigenvalue weighted by atomic mass is 10.0. The standard InChI is InChI=1S/C14H16N4OS/c1-14(12-16-6-7-20-12)9-17-13(15)18(14)10-4-3-5-11(8-10)19-2/h3-8H,9H2,1-2H3,(H2,15,17). The third-order valence-electron chi connectivity index (χ3n) is 3.48. The van der Waals surface area contributed by atoms with E-state index in [4.69, 9.17) is 10.5 Å². The summed E-state index contributed by atoms with van der Waals surface area (Å²) < 4.78 is 5.29. The van der Waals surface area contributed by atoms with Crippen LogP contribution in [0, 0.1) is 0 Å². The molecule has 104 valence electrons. The third-order valence-corrected chi connectivity index (χ3v) is 4.50. The van der Waals surface area contributed by atoms with Gasteiger partial charge in [0.05, 0.1) is 13.7 Å². The Labute approximate surface area is 121 Å². The topological polar surface area (TPSA) is 63.7 Å². The van der Waals surface area contributed by atoms with Crippen molar-refractivity contribution in [3.63, 3.8) is 0 Å². The minimum Gasteiger partial charge on any atom is -0.497 e. The van der Waals surface area contributed by atoms with Crippen molar-refractivity contribution < 1.29 is 4.74 Å². The summed E-state index contributed by atoms with van der Waals surface area (Å²) in [6, 6.07) is 7.82. The molecule has 1 atom stereocenters.